The van der Waals surface area contributed by atoms with Crippen LogP contribution in [0.4, 0.5) is 0 Å². The molecular weight excluding hydrogens is 178 g/mol. The van der Waals surface area contributed by atoms with Crippen LogP contribution in [0, 0.1) is 0 Å². The minimum Gasteiger partial charge on any atom is -0.300 e. The topological polar surface area (TPSA) is 63.2 Å². The fraction of sp³-hybridized carbons (Fsp3) is 0.857. The van der Waals surface area contributed by atoms with Crippen molar-refractivity contribution >= 4 is 15.8 Å². The maximum absolute atomic E-state index is 11.3. The molecule has 1 aliphatic carbocycles. The number of ketones is 1. The summed E-state index contributed by atoms with van der Waals surface area (Å²) in [5, 5.41) is -0.479. The van der Waals surface area contributed by atoms with Crippen molar-refractivity contribution in [2.24, 2.45) is 0 Å². The number of carbonyl (C=O) groups is 1. The van der Waals surface area contributed by atoms with E-state index in [-0.39, 0.29) is 24.7 Å². The van der Waals surface area contributed by atoms with E-state index in [1.807, 2.05) is 0 Å². The molecule has 1 rings (SSSR count). The molecule has 0 bridgehead atoms. The second-order valence-electron chi connectivity index (χ2n) is 3.39. The van der Waals surface area contributed by atoms with Gasteiger partial charge in [0, 0.05) is 18.9 Å². The summed E-state index contributed by atoms with van der Waals surface area (Å²) < 4.78 is 25.1. The molecule has 0 saturated heterocycles. The summed E-state index contributed by atoms with van der Waals surface area (Å²) in [7, 11) is -3.23. The van der Waals surface area contributed by atoms with Crippen molar-refractivity contribution in [3.63, 3.8) is 0 Å². The van der Waals surface area contributed by atoms with Crippen LogP contribution in [-0.4, -0.2) is 25.5 Å². The molecular formula is C7H13NO3S. The van der Waals surface area contributed by atoms with E-state index in [0.717, 1.165) is 0 Å². The Balaban J connectivity index is 2.55. The Morgan fingerprint density at radius 2 is 1.92 bits per heavy atom. The van der Waals surface area contributed by atoms with E-state index in [2.05, 4.69) is 4.72 Å². The molecule has 1 saturated carbocycles. The number of rotatable bonds is 3. The van der Waals surface area contributed by atoms with Crippen molar-refractivity contribution in [3.05, 3.63) is 0 Å². The predicted octanol–water partition coefficient (Wildman–Crippen LogP) is 0.0457. The first-order chi connectivity index (χ1) is 5.42. The van der Waals surface area contributed by atoms with Gasteiger partial charge >= 0.3 is 0 Å². The van der Waals surface area contributed by atoms with E-state index < -0.39 is 15.3 Å². The Morgan fingerprint density at radius 3 is 2.25 bits per heavy atom. The zero-order chi connectivity index (χ0) is 9.35. The summed E-state index contributed by atoms with van der Waals surface area (Å²) in [6, 6.07) is -0.0919. The highest BCUT2D eigenvalue weighted by Gasteiger charge is 2.37. The maximum atomic E-state index is 11.3. The molecule has 1 aliphatic rings. The SMILES string of the molecule is CC(C)NS(=O)(=O)C1CC(=O)C1. The van der Waals surface area contributed by atoms with Crippen molar-refractivity contribution in [2.75, 3.05) is 0 Å². The summed E-state index contributed by atoms with van der Waals surface area (Å²) >= 11 is 0. The van der Waals surface area contributed by atoms with Crippen LogP contribution in [0.5, 0.6) is 0 Å². The average Bonchev–Trinajstić information content (AvgIpc) is 1.77. The molecule has 4 nitrogen and oxygen atoms in total. The zero-order valence-corrected chi connectivity index (χ0v) is 8.02. The number of Topliss-reactive ketones (excluding diaryl/α,β-unsaturated/α-hetero) is 1. The summed E-state index contributed by atoms with van der Waals surface area (Å²) in [5.41, 5.74) is 0. The lowest BCUT2D eigenvalue weighted by molar-refractivity contribution is -0.123. The van der Waals surface area contributed by atoms with Gasteiger partial charge in [0.05, 0.1) is 5.25 Å². The van der Waals surface area contributed by atoms with Crippen LogP contribution < -0.4 is 4.72 Å². The largest absolute Gasteiger partial charge is 0.300 e. The first-order valence-corrected chi connectivity index (χ1v) is 5.49. The molecule has 0 aromatic rings. The van der Waals surface area contributed by atoms with Crippen molar-refractivity contribution in [1.82, 2.24) is 4.72 Å². The fourth-order valence-corrected chi connectivity index (χ4v) is 2.75. The predicted molar refractivity (Wildman–Crippen MR) is 45.2 cm³/mol. The molecule has 0 radical (unpaired) electrons. The van der Waals surface area contributed by atoms with Crippen molar-refractivity contribution in [1.29, 1.82) is 0 Å². The fourth-order valence-electron chi connectivity index (χ4n) is 1.09. The number of carbonyl (C=O) groups excluding carboxylic acids is 1. The Bertz CT molecular complexity index is 273. The van der Waals surface area contributed by atoms with Crippen LogP contribution in [0.15, 0.2) is 0 Å². The Kier molecular flexibility index (Phi) is 2.53. The van der Waals surface area contributed by atoms with E-state index in [0.29, 0.717) is 0 Å². The van der Waals surface area contributed by atoms with Crippen LogP contribution in [0.1, 0.15) is 26.7 Å². The third-order valence-corrected chi connectivity index (χ3v) is 3.76. The standard InChI is InChI=1S/C7H13NO3S/c1-5(2)8-12(10,11)7-3-6(9)4-7/h5,7-8H,3-4H2,1-2H3. The lowest BCUT2D eigenvalue weighted by Gasteiger charge is -2.25. The third-order valence-electron chi connectivity index (χ3n) is 1.75. The van der Waals surface area contributed by atoms with Crippen molar-refractivity contribution in [2.45, 2.75) is 38.0 Å². The summed E-state index contributed by atoms with van der Waals surface area (Å²) in [5.74, 6) is 0.0362. The highest BCUT2D eigenvalue weighted by Crippen LogP contribution is 2.21. The molecule has 5 heteroatoms. The molecule has 0 unspecified atom stereocenters. The summed E-state index contributed by atoms with van der Waals surface area (Å²) in [4.78, 5) is 10.5. The minimum absolute atomic E-state index is 0.0362. The first-order valence-electron chi connectivity index (χ1n) is 3.94. The summed E-state index contributed by atoms with van der Waals surface area (Å²) in [6.07, 6.45) is 0.365. The van der Waals surface area contributed by atoms with Gasteiger partial charge in [-0.05, 0) is 13.8 Å². The van der Waals surface area contributed by atoms with Crippen LogP contribution >= 0.6 is 0 Å². The highest BCUT2D eigenvalue weighted by atomic mass is 32.2. The Morgan fingerprint density at radius 1 is 1.42 bits per heavy atom. The highest BCUT2D eigenvalue weighted by molar-refractivity contribution is 7.90. The van der Waals surface area contributed by atoms with Gasteiger partial charge in [-0.3, -0.25) is 4.79 Å². The van der Waals surface area contributed by atoms with E-state index in [4.69, 9.17) is 0 Å². The molecule has 1 N–H and O–H groups in total. The third kappa shape index (κ3) is 2.04. The monoisotopic (exact) mass is 191 g/mol. The molecule has 0 spiro atoms. The number of sulfonamides is 1. The van der Waals surface area contributed by atoms with E-state index in [1.54, 1.807) is 13.8 Å². The van der Waals surface area contributed by atoms with Gasteiger partial charge in [0.1, 0.15) is 5.78 Å². The number of hydrogen-bond acceptors (Lipinski definition) is 3. The van der Waals surface area contributed by atoms with Gasteiger partial charge in [0.2, 0.25) is 10.0 Å². The van der Waals surface area contributed by atoms with Gasteiger partial charge in [-0.25, -0.2) is 13.1 Å². The Labute approximate surface area is 72.4 Å². The zero-order valence-electron chi connectivity index (χ0n) is 7.20. The normalized spacial score (nSPS) is 19.8. The summed E-state index contributed by atoms with van der Waals surface area (Å²) in [6.45, 7) is 3.52. The molecule has 1 fully saturated rings. The van der Waals surface area contributed by atoms with E-state index in [1.165, 1.54) is 0 Å². The Hall–Kier alpha value is -0.420. The van der Waals surface area contributed by atoms with E-state index >= 15 is 0 Å². The molecule has 70 valence electrons. The smallest absolute Gasteiger partial charge is 0.215 e. The van der Waals surface area contributed by atoms with Crippen LogP contribution in [0.2, 0.25) is 0 Å². The van der Waals surface area contributed by atoms with Crippen LogP contribution in [0.3, 0.4) is 0 Å². The molecule has 0 atom stereocenters. The van der Waals surface area contributed by atoms with Gasteiger partial charge in [-0.15, -0.1) is 0 Å². The van der Waals surface area contributed by atoms with Crippen LogP contribution in [-0.2, 0) is 14.8 Å². The second-order valence-corrected chi connectivity index (χ2v) is 5.38. The second kappa shape index (κ2) is 3.14. The van der Waals surface area contributed by atoms with E-state index in [9.17, 15) is 13.2 Å². The lowest BCUT2D eigenvalue weighted by atomic mass is 9.98. The number of nitrogens with one attached hydrogen (secondary N) is 1. The molecule has 0 amide bonds. The average molecular weight is 191 g/mol. The van der Waals surface area contributed by atoms with Gasteiger partial charge < -0.3 is 0 Å². The van der Waals surface area contributed by atoms with Gasteiger partial charge in [-0.2, -0.15) is 0 Å². The molecule has 0 aromatic heterocycles. The maximum Gasteiger partial charge on any atom is 0.215 e. The quantitative estimate of drug-likeness (QED) is 0.685. The molecule has 0 heterocycles. The van der Waals surface area contributed by atoms with Crippen LogP contribution in [0.25, 0.3) is 0 Å². The van der Waals surface area contributed by atoms with Crippen molar-refractivity contribution < 1.29 is 13.2 Å². The molecule has 0 aliphatic heterocycles. The lowest BCUT2D eigenvalue weighted by Crippen LogP contribution is -2.45. The first kappa shape index (κ1) is 9.67. The minimum atomic E-state index is -3.23. The number of hydrogen-bond donors (Lipinski definition) is 1. The van der Waals surface area contributed by atoms with Crippen molar-refractivity contribution in [3.8, 4) is 0 Å². The van der Waals surface area contributed by atoms with Gasteiger partial charge in [0.15, 0.2) is 0 Å². The van der Waals surface area contributed by atoms with Gasteiger partial charge in [-0.1, -0.05) is 0 Å². The molecule has 0 aromatic carbocycles. The van der Waals surface area contributed by atoms with Gasteiger partial charge in [0.25, 0.3) is 0 Å². The molecule has 12 heavy (non-hydrogen) atoms.